The van der Waals surface area contributed by atoms with Gasteiger partial charge in [0.15, 0.2) is 0 Å². The number of thiophene rings is 1. The Morgan fingerprint density at radius 3 is 2.70 bits per heavy atom. The Balaban J connectivity index is 1.70. The molecule has 0 saturated carbocycles. The third-order valence-electron chi connectivity index (χ3n) is 3.85. The molecule has 3 rings (SSSR count). The fourth-order valence-electron chi connectivity index (χ4n) is 2.55. The van der Waals surface area contributed by atoms with Crippen molar-refractivity contribution in [2.75, 3.05) is 13.2 Å². The van der Waals surface area contributed by atoms with Crippen LogP contribution >= 0.6 is 11.3 Å². The average Bonchev–Trinajstić information content (AvgIpc) is 3.10. The van der Waals surface area contributed by atoms with Crippen LogP contribution in [0.3, 0.4) is 0 Å². The molecule has 140 valence electrons. The fraction of sp³-hybridized carbons (Fsp3) is 0.263. The number of fused-ring (bicyclic) bond motifs is 1. The molecule has 8 heteroatoms. The van der Waals surface area contributed by atoms with Gasteiger partial charge < -0.3 is 9.47 Å². The van der Waals surface area contributed by atoms with Gasteiger partial charge >= 0.3 is 11.9 Å². The number of hydrogen-bond donors (Lipinski definition) is 0. The Kier molecular flexibility index (Phi) is 5.97. The number of carbonyl (C=O) groups excluding carboxylic acids is 2. The quantitative estimate of drug-likeness (QED) is 0.580. The molecule has 7 nitrogen and oxygen atoms in total. The van der Waals surface area contributed by atoms with Crippen molar-refractivity contribution in [1.82, 2.24) is 9.55 Å². The summed E-state index contributed by atoms with van der Waals surface area (Å²) in [6, 6.07) is 9.65. The summed E-state index contributed by atoms with van der Waals surface area (Å²) in [6.45, 7) is 1.85. The van der Waals surface area contributed by atoms with E-state index in [-0.39, 0.29) is 30.7 Å². The molecule has 0 atom stereocenters. The zero-order valence-electron chi connectivity index (χ0n) is 14.7. The first-order valence-electron chi connectivity index (χ1n) is 8.43. The van der Waals surface area contributed by atoms with Crippen molar-refractivity contribution in [2.45, 2.75) is 19.9 Å². The number of aromatic nitrogens is 2. The highest BCUT2D eigenvalue weighted by Gasteiger charge is 2.19. The molecule has 2 heterocycles. The van der Waals surface area contributed by atoms with E-state index < -0.39 is 17.5 Å². The number of benzene rings is 1. The highest BCUT2D eigenvalue weighted by Crippen LogP contribution is 2.21. The topological polar surface area (TPSA) is 87.5 Å². The molecular weight excluding hydrogens is 368 g/mol. The van der Waals surface area contributed by atoms with E-state index in [2.05, 4.69) is 4.98 Å². The minimum absolute atomic E-state index is 0.165. The van der Waals surface area contributed by atoms with Gasteiger partial charge in [-0.05, 0) is 12.5 Å². The summed E-state index contributed by atoms with van der Waals surface area (Å²) in [5, 5.41) is 1.71. The summed E-state index contributed by atoms with van der Waals surface area (Å²) in [4.78, 5) is 41.3. The maximum absolute atomic E-state index is 12.7. The standard InChI is InChI=1S/C19H18N2O5S/c1-2-25-19(24)14-11-27-17-16(14)18(23)21(12-20-17)10-15(22)26-9-8-13-6-4-3-5-7-13/h3-7,11-12H,2,8-10H2,1H3. The Labute approximate surface area is 159 Å². The largest absolute Gasteiger partial charge is 0.464 e. The summed E-state index contributed by atoms with van der Waals surface area (Å²) in [7, 11) is 0. The maximum Gasteiger partial charge on any atom is 0.339 e. The molecule has 0 bridgehead atoms. The predicted octanol–water partition coefficient (Wildman–Crippen LogP) is 2.42. The van der Waals surface area contributed by atoms with Crippen LogP contribution in [0.4, 0.5) is 0 Å². The second-order valence-electron chi connectivity index (χ2n) is 5.68. The van der Waals surface area contributed by atoms with E-state index in [9.17, 15) is 14.4 Å². The molecule has 0 N–H and O–H groups in total. The molecule has 0 aliphatic rings. The van der Waals surface area contributed by atoms with Crippen LogP contribution in [0.1, 0.15) is 22.8 Å². The number of hydrogen-bond acceptors (Lipinski definition) is 7. The number of nitrogens with zero attached hydrogens (tertiary/aromatic N) is 2. The van der Waals surface area contributed by atoms with E-state index in [4.69, 9.17) is 9.47 Å². The second-order valence-corrected chi connectivity index (χ2v) is 6.54. The van der Waals surface area contributed by atoms with Crippen LogP contribution in [0.2, 0.25) is 0 Å². The maximum atomic E-state index is 12.7. The average molecular weight is 386 g/mol. The second kappa shape index (κ2) is 8.59. The lowest BCUT2D eigenvalue weighted by Gasteiger charge is -2.07. The minimum Gasteiger partial charge on any atom is -0.464 e. The lowest BCUT2D eigenvalue weighted by atomic mass is 10.2. The van der Waals surface area contributed by atoms with Crippen LogP contribution in [0.15, 0.2) is 46.8 Å². The Morgan fingerprint density at radius 1 is 1.19 bits per heavy atom. The van der Waals surface area contributed by atoms with Gasteiger partial charge in [-0.3, -0.25) is 14.2 Å². The molecule has 3 aromatic rings. The van der Waals surface area contributed by atoms with E-state index in [1.165, 1.54) is 17.7 Å². The molecule has 0 spiro atoms. The van der Waals surface area contributed by atoms with E-state index >= 15 is 0 Å². The highest BCUT2D eigenvalue weighted by atomic mass is 32.1. The van der Waals surface area contributed by atoms with Crippen molar-refractivity contribution >= 4 is 33.5 Å². The van der Waals surface area contributed by atoms with E-state index in [1.54, 1.807) is 12.3 Å². The first-order chi connectivity index (χ1) is 13.1. The molecule has 0 fully saturated rings. The van der Waals surface area contributed by atoms with Gasteiger partial charge in [-0.15, -0.1) is 11.3 Å². The SMILES string of the molecule is CCOC(=O)c1csc2ncn(CC(=O)OCCc3ccccc3)c(=O)c12. The lowest BCUT2D eigenvalue weighted by molar-refractivity contribution is -0.144. The number of carbonyl (C=O) groups is 2. The van der Waals surface area contributed by atoms with Crippen molar-refractivity contribution < 1.29 is 19.1 Å². The molecular formula is C19H18N2O5S. The van der Waals surface area contributed by atoms with Gasteiger partial charge in [0.25, 0.3) is 5.56 Å². The molecule has 0 aliphatic carbocycles. The van der Waals surface area contributed by atoms with Gasteiger partial charge in [0.2, 0.25) is 0 Å². The molecule has 0 saturated heterocycles. The number of ether oxygens (including phenoxy) is 2. The molecule has 0 amide bonds. The van der Waals surface area contributed by atoms with Gasteiger partial charge in [0.1, 0.15) is 11.4 Å². The predicted molar refractivity (Wildman–Crippen MR) is 101 cm³/mol. The minimum atomic E-state index is -0.578. The molecule has 0 unspecified atom stereocenters. The van der Waals surface area contributed by atoms with Crippen LogP contribution in [-0.4, -0.2) is 34.7 Å². The van der Waals surface area contributed by atoms with Crippen molar-refractivity contribution in [3.8, 4) is 0 Å². The fourth-order valence-corrected chi connectivity index (χ4v) is 3.42. The van der Waals surface area contributed by atoms with Gasteiger partial charge in [0.05, 0.1) is 30.5 Å². The zero-order valence-corrected chi connectivity index (χ0v) is 15.5. The van der Waals surface area contributed by atoms with E-state index in [0.717, 1.165) is 10.1 Å². The summed E-state index contributed by atoms with van der Waals surface area (Å²) in [6.07, 6.45) is 1.88. The molecule has 2 aromatic heterocycles. The number of esters is 2. The third kappa shape index (κ3) is 4.40. The van der Waals surface area contributed by atoms with Crippen molar-refractivity contribution in [3.63, 3.8) is 0 Å². The molecule has 1 aromatic carbocycles. The monoisotopic (exact) mass is 386 g/mol. The Morgan fingerprint density at radius 2 is 1.96 bits per heavy atom. The Bertz CT molecular complexity index is 1010. The summed E-state index contributed by atoms with van der Waals surface area (Å²) in [5.41, 5.74) is 0.758. The molecule has 0 radical (unpaired) electrons. The molecule has 0 aliphatic heterocycles. The summed E-state index contributed by atoms with van der Waals surface area (Å²) in [5.74, 6) is -1.12. The normalized spacial score (nSPS) is 10.7. The summed E-state index contributed by atoms with van der Waals surface area (Å²) >= 11 is 1.18. The van der Waals surface area contributed by atoms with Crippen LogP contribution in [-0.2, 0) is 27.2 Å². The van der Waals surface area contributed by atoms with Crippen LogP contribution in [0.25, 0.3) is 10.2 Å². The van der Waals surface area contributed by atoms with Crippen LogP contribution < -0.4 is 5.56 Å². The molecule has 27 heavy (non-hydrogen) atoms. The number of rotatable bonds is 7. The Hall–Kier alpha value is -3.00. The highest BCUT2D eigenvalue weighted by molar-refractivity contribution is 7.17. The van der Waals surface area contributed by atoms with Gasteiger partial charge in [-0.1, -0.05) is 30.3 Å². The van der Waals surface area contributed by atoms with Crippen LogP contribution in [0.5, 0.6) is 0 Å². The smallest absolute Gasteiger partial charge is 0.339 e. The van der Waals surface area contributed by atoms with Crippen molar-refractivity contribution in [3.05, 3.63) is 63.5 Å². The first kappa shape index (κ1) is 18.8. The van der Waals surface area contributed by atoms with Crippen molar-refractivity contribution in [2.24, 2.45) is 0 Å². The van der Waals surface area contributed by atoms with E-state index in [1.807, 2.05) is 30.3 Å². The van der Waals surface area contributed by atoms with Crippen molar-refractivity contribution in [1.29, 1.82) is 0 Å². The third-order valence-corrected chi connectivity index (χ3v) is 4.74. The van der Waals surface area contributed by atoms with Gasteiger partial charge in [-0.25, -0.2) is 9.78 Å². The van der Waals surface area contributed by atoms with Gasteiger partial charge in [0, 0.05) is 11.8 Å². The summed E-state index contributed by atoms with van der Waals surface area (Å²) < 4.78 is 11.3. The van der Waals surface area contributed by atoms with E-state index in [0.29, 0.717) is 11.3 Å². The van der Waals surface area contributed by atoms with Crippen LogP contribution in [0, 0.1) is 0 Å². The first-order valence-corrected chi connectivity index (χ1v) is 9.31. The van der Waals surface area contributed by atoms with Gasteiger partial charge in [-0.2, -0.15) is 0 Å². The zero-order chi connectivity index (χ0) is 19.2. The lowest BCUT2D eigenvalue weighted by Crippen LogP contribution is -2.26.